The standard InChI is InChI=1S/C15H14N2O3/c1-10-7-8-16-9-12(10)14(18)17-13(15(19)20)11-5-3-2-4-6-11/h2-9,13H,1H3,(H,17,18)(H,19,20). The Hall–Kier alpha value is -2.69. The predicted molar refractivity (Wildman–Crippen MR) is 73.3 cm³/mol. The van der Waals surface area contributed by atoms with Crippen LogP contribution in [0.1, 0.15) is 27.5 Å². The first kappa shape index (κ1) is 13.7. The highest BCUT2D eigenvalue weighted by atomic mass is 16.4. The molecule has 0 spiro atoms. The number of amides is 1. The lowest BCUT2D eigenvalue weighted by Crippen LogP contribution is -2.34. The molecule has 0 saturated heterocycles. The van der Waals surface area contributed by atoms with E-state index in [1.807, 2.05) is 0 Å². The summed E-state index contributed by atoms with van der Waals surface area (Å²) in [5.74, 6) is -1.56. The third-order valence-electron chi connectivity index (χ3n) is 2.94. The average molecular weight is 270 g/mol. The van der Waals surface area contributed by atoms with Gasteiger partial charge in [0.1, 0.15) is 0 Å². The maximum absolute atomic E-state index is 12.1. The number of rotatable bonds is 4. The summed E-state index contributed by atoms with van der Waals surface area (Å²) in [5.41, 5.74) is 1.64. The molecule has 102 valence electrons. The van der Waals surface area contributed by atoms with Crippen molar-refractivity contribution in [2.45, 2.75) is 13.0 Å². The molecule has 0 aliphatic carbocycles. The minimum atomic E-state index is -1.11. The highest BCUT2D eigenvalue weighted by Crippen LogP contribution is 2.14. The van der Waals surface area contributed by atoms with Crippen molar-refractivity contribution in [3.05, 3.63) is 65.5 Å². The van der Waals surface area contributed by atoms with Crippen molar-refractivity contribution < 1.29 is 14.7 Å². The van der Waals surface area contributed by atoms with Crippen LogP contribution >= 0.6 is 0 Å². The Bertz CT molecular complexity index is 626. The van der Waals surface area contributed by atoms with Crippen LogP contribution in [0.4, 0.5) is 0 Å². The Morgan fingerprint density at radius 1 is 1.20 bits per heavy atom. The van der Waals surface area contributed by atoms with Crippen LogP contribution in [0.15, 0.2) is 48.8 Å². The summed E-state index contributed by atoms with van der Waals surface area (Å²) in [6.45, 7) is 1.77. The first-order chi connectivity index (χ1) is 9.59. The van der Waals surface area contributed by atoms with Gasteiger partial charge in [-0.1, -0.05) is 30.3 Å². The minimum absolute atomic E-state index is 0.370. The first-order valence-corrected chi connectivity index (χ1v) is 6.09. The van der Waals surface area contributed by atoms with Gasteiger partial charge in [-0.05, 0) is 24.1 Å². The number of benzene rings is 1. The van der Waals surface area contributed by atoms with Crippen molar-refractivity contribution in [2.24, 2.45) is 0 Å². The maximum atomic E-state index is 12.1. The summed E-state index contributed by atoms with van der Waals surface area (Å²) >= 11 is 0. The summed E-state index contributed by atoms with van der Waals surface area (Å²) in [6.07, 6.45) is 3.01. The number of aromatic nitrogens is 1. The fourth-order valence-electron chi connectivity index (χ4n) is 1.84. The molecule has 0 fully saturated rings. The van der Waals surface area contributed by atoms with Gasteiger partial charge in [0.2, 0.25) is 0 Å². The number of carboxylic acid groups (broad SMARTS) is 1. The Labute approximate surface area is 116 Å². The van der Waals surface area contributed by atoms with Crippen LogP contribution in [0.25, 0.3) is 0 Å². The van der Waals surface area contributed by atoms with Gasteiger partial charge in [-0.3, -0.25) is 9.78 Å². The summed E-state index contributed by atoms with van der Waals surface area (Å²) in [5, 5.41) is 11.8. The zero-order chi connectivity index (χ0) is 14.5. The Balaban J connectivity index is 2.24. The predicted octanol–water partition coefficient (Wildman–Crippen LogP) is 1.95. The molecule has 0 aliphatic rings. The number of hydrogen-bond acceptors (Lipinski definition) is 3. The molecule has 0 bridgehead atoms. The molecule has 20 heavy (non-hydrogen) atoms. The normalized spacial score (nSPS) is 11.7. The third kappa shape index (κ3) is 3.00. The topological polar surface area (TPSA) is 79.3 Å². The molecule has 5 nitrogen and oxygen atoms in total. The zero-order valence-electron chi connectivity index (χ0n) is 10.9. The van der Waals surface area contributed by atoms with Gasteiger partial charge in [-0.2, -0.15) is 0 Å². The summed E-state index contributed by atoms with van der Waals surface area (Å²) in [4.78, 5) is 27.3. The van der Waals surface area contributed by atoms with Gasteiger partial charge >= 0.3 is 5.97 Å². The molecule has 0 saturated carbocycles. The second-order valence-electron chi connectivity index (χ2n) is 4.35. The number of nitrogens with zero attached hydrogens (tertiary/aromatic N) is 1. The van der Waals surface area contributed by atoms with Crippen molar-refractivity contribution in [2.75, 3.05) is 0 Å². The van der Waals surface area contributed by atoms with E-state index in [4.69, 9.17) is 0 Å². The first-order valence-electron chi connectivity index (χ1n) is 6.09. The minimum Gasteiger partial charge on any atom is -0.479 e. The monoisotopic (exact) mass is 270 g/mol. The lowest BCUT2D eigenvalue weighted by molar-refractivity contribution is -0.139. The number of hydrogen-bond donors (Lipinski definition) is 2. The molecular formula is C15H14N2O3. The molecule has 2 aromatic rings. The number of carbonyl (C=O) groups excluding carboxylic acids is 1. The largest absolute Gasteiger partial charge is 0.479 e. The molecule has 1 aromatic heterocycles. The molecule has 2 rings (SSSR count). The quantitative estimate of drug-likeness (QED) is 0.890. The van der Waals surface area contributed by atoms with Crippen LogP contribution in [0, 0.1) is 6.92 Å². The summed E-state index contributed by atoms with van der Waals surface area (Å²) in [7, 11) is 0. The number of nitrogens with one attached hydrogen (secondary N) is 1. The van der Waals surface area contributed by atoms with E-state index in [2.05, 4.69) is 10.3 Å². The molecule has 1 heterocycles. The van der Waals surface area contributed by atoms with E-state index in [0.717, 1.165) is 5.56 Å². The van der Waals surface area contributed by atoms with Crippen LogP contribution in [0.5, 0.6) is 0 Å². The Morgan fingerprint density at radius 2 is 1.90 bits per heavy atom. The second-order valence-corrected chi connectivity index (χ2v) is 4.35. The van der Waals surface area contributed by atoms with E-state index in [9.17, 15) is 14.7 Å². The molecule has 2 N–H and O–H groups in total. The van der Waals surface area contributed by atoms with E-state index < -0.39 is 17.9 Å². The van der Waals surface area contributed by atoms with E-state index in [0.29, 0.717) is 11.1 Å². The van der Waals surface area contributed by atoms with Crippen molar-refractivity contribution in [3.63, 3.8) is 0 Å². The highest BCUT2D eigenvalue weighted by molar-refractivity contribution is 5.97. The number of carboxylic acids is 1. The Kier molecular flexibility index (Phi) is 4.10. The van der Waals surface area contributed by atoms with Gasteiger partial charge in [-0.15, -0.1) is 0 Å². The molecule has 0 aliphatic heterocycles. The fourth-order valence-corrected chi connectivity index (χ4v) is 1.84. The lowest BCUT2D eigenvalue weighted by atomic mass is 10.1. The number of pyridine rings is 1. The Morgan fingerprint density at radius 3 is 2.50 bits per heavy atom. The van der Waals surface area contributed by atoms with Crippen molar-refractivity contribution in [1.29, 1.82) is 0 Å². The molecule has 1 amide bonds. The molecular weight excluding hydrogens is 256 g/mol. The van der Waals surface area contributed by atoms with Gasteiger partial charge in [0.15, 0.2) is 6.04 Å². The van der Waals surface area contributed by atoms with Gasteiger partial charge in [0.05, 0.1) is 5.56 Å². The number of carbonyl (C=O) groups is 2. The number of aliphatic carboxylic acids is 1. The van der Waals surface area contributed by atoms with E-state index in [1.54, 1.807) is 49.5 Å². The molecule has 1 aromatic carbocycles. The summed E-state index contributed by atoms with van der Waals surface area (Å²) < 4.78 is 0. The molecule has 1 atom stereocenters. The summed E-state index contributed by atoms with van der Waals surface area (Å²) in [6, 6.07) is 9.19. The van der Waals surface area contributed by atoms with Crippen LogP contribution in [0.3, 0.4) is 0 Å². The van der Waals surface area contributed by atoms with Gasteiger partial charge in [0.25, 0.3) is 5.91 Å². The van der Waals surface area contributed by atoms with Crippen molar-refractivity contribution in [1.82, 2.24) is 10.3 Å². The second kappa shape index (κ2) is 5.97. The number of aryl methyl sites for hydroxylation is 1. The zero-order valence-corrected chi connectivity index (χ0v) is 10.9. The van der Waals surface area contributed by atoms with Crippen LogP contribution in [-0.4, -0.2) is 22.0 Å². The third-order valence-corrected chi connectivity index (χ3v) is 2.94. The van der Waals surface area contributed by atoms with Crippen LogP contribution in [0.2, 0.25) is 0 Å². The van der Waals surface area contributed by atoms with Crippen LogP contribution in [-0.2, 0) is 4.79 Å². The lowest BCUT2D eigenvalue weighted by Gasteiger charge is -2.15. The molecule has 0 radical (unpaired) electrons. The van der Waals surface area contributed by atoms with Gasteiger partial charge in [-0.25, -0.2) is 4.79 Å². The molecule has 1 unspecified atom stereocenters. The van der Waals surface area contributed by atoms with E-state index in [1.165, 1.54) is 6.20 Å². The average Bonchev–Trinajstić information content (AvgIpc) is 2.45. The van der Waals surface area contributed by atoms with Crippen molar-refractivity contribution in [3.8, 4) is 0 Å². The molecule has 5 heteroatoms. The fraction of sp³-hybridized carbons (Fsp3) is 0.133. The maximum Gasteiger partial charge on any atom is 0.330 e. The van der Waals surface area contributed by atoms with Crippen molar-refractivity contribution >= 4 is 11.9 Å². The van der Waals surface area contributed by atoms with Crippen LogP contribution < -0.4 is 5.32 Å². The SMILES string of the molecule is Cc1ccncc1C(=O)NC(C(=O)O)c1ccccc1. The highest BCUT2D eigenvalue weighted by Gasteiger charge is 2.23. The smallest absolute Gasteiger partial charge is 0.330 e. The van der Waals surface area contributed by atoms with Gasteiger partial charge < -0.3 is 10.4 Å². The van der Waals surface area contributed by atoms with E-state index >= 15 is 0 Å². The van der Waals surface area contributed by atoms with Gasteiger partial charge in [0, 0.05) is 12.4 Å². The van der Waals surface area contributed by atoms with E-state index in [-0.39, 0.29) is 0 Å².